The van der Waals surface area contributed by atoms with Gasteiger partial charge in [-0.2, -0.15) is 0 Å². The van der Waals surface area contributed by atoms with Crippen LogP contribution in [0.1, 0.15) is 27.0 Å². The normalized spacial score (nSPS) is 10.3. The van der Waals surface area contributed by atoms with Gasteiger partial charge in [-0.25, -0.2) is 0 Å². The highest BCUT2D eigenvalue weighted by Crippen LogP contribution is 2.15. The zero-order valence-corrected chi connectivity index (χ0v) is 13.3. The Morgan fingerprint density at radius 3 is 2.40 bits per heavy atom. The van der Waals surface area contributed by atoms with E-state index >= 15 is 0 Å². The van der Waals surface area contributed by atoms with Gasteiger partial charge in [0.05, 0.1) is 0 Å². The molecule has 0 saturated heterocycles. The molecule has 2 rings (SSSR count). The third-order valence-corrected chi connectivity index (χ3v) is 3.62. The van der Waals surface area contributed by atoms with Gasteiger partial charge < -0.3 is 5.32 Å². The summed E-state index contributed by atoms with van der Waals surface area (Å²) in [6, 6.07) is 13.8. The second kappa shape index (κ2) is 6.71. The number of halogens is 1. The number of rotatable bonds is 4. The van der Waals surface area contributed by atoms with Gasteiger partial charge in [0, 0.05) is 16.6 Å². The topological polar surface area (TPSA) is 29.1 Å². The first-order valence-electron chi connectivity index (χ1n) is 6.63. The van der Waals surface area contributed by atoms with Crippen molar-refractivity contribution in [3.8, 4) is 0 Å². The Labute approximate surface area is 128 Å². The van der Waals surface area contributed by atoms with Crippen LogP contribution in [0.25, 0.3) is 0 Å². The van der Waals surface area contributed by atoms with E-state index in [1.807, 2.05) is 56.3 Å². The molecule has 0 bridgehead atoms. The van der Waals surface area contributed by atoms with Gasteiger partial charge in [0.25, 0.3) is 5.91 Å². The second-order valence-corrected chi connectivity index (χ2v) is 5.70. The van der Waals surface area contributed by atoms with Crippen LogP contribution in [0.5, 0.6) is 0 Å². The predicted molar refractivity (Wildman–Crippen MR) is 87.8 cm³/mol. The van der Waals surface area contributed by atoms with Crippen LogP contribution in [-0.4, -0.2) is 11.2 Å². The van der Waals surface area contributed by atoms with Crippen molar-refractivity contribution in [2.45, 2.75) is 20.3 Å². The molecule has 0 saturated carbocycles. The Bertz CT molecular complexity index is 605. The van der Waals surface area contributed by atoms with E-state index in [1.54, 1.807) is 0 Å². The molecule has 0 radical (unpaired) electrons. The summed E-state index contributed by atoms with van der Waals surface area (Å²) in [4.78, 5) is 12.2. The number of benzene rings is 2. The van der Waals surface area contributed by atoms with Gasteiger partial charge in [-0.3, -0.25) is 4.79 Å². The van der Waals surface area contributed by atoms with Gasteiger partial charge in [-0.15, -0.1) is 0 Å². The summed E-state index contributed by atoms with van der Waals surface area (Å²) in [5, 5.41) is 3.88. The Hall–Kier alpha value is -1.61. The first-order chi connectivity index (χ1) is 9.60. The van der Waals surface area contributed by atoms with Gasteiger partial charge in [0.15, 0.2) is 0 Å². The first kappa shape index (κ1) is 14.8. The van der Waals surface area contributed by atoms with Crippen LogP contribution in [0.3, 0.4) is 0 Å². The van der Waals surface area contributed by atoms with E-state index in [0.29, 0.717) is 0 Å². The smallest absolute Gasteiger partial charge is 0.255 e. The molecule has 0 unspecified atom stereocenters. The summed E-state index contributed by atoms with van der Waals surface area (Å²) in [5.41, 5.74) is 4.97. The van der Waals surface area contributed by atoms with Gasteiger partial charge in [0.1, 0.15) is 0 Å². The summed E-state index contributed by atoms with van der Waals surface area (Å²) < 4.78 is 0. The standard InChI is InChI=1S/C17H18BrNO/c1-12-3-8-16(13(2)11-12)17(20)19-15-6-4-14(5-7-15)9-10-18/h3-8,11H,9-10H2,1-2H3,(H,19,20). The molecule has 1 amide bonds. The molecule has 2 aromatic rings. The van der Waals surface area contributed by atoms with Crippen molar-refractivity contribution in [3.63, 3.8) is 0 Å². The summed E-state index contributed by atoms with van der Waals surface area (Å²) >= 11 is 3.42. The lowest BCUT2D eigenvalue weighted by Gasteiger charge is -2.09. The fourth-order valence-electron chi connectivity index (χ4n) is 2.13. The summed E-state index contributed by atoms with van der Waals surface area (Å²) in [5.74, 6) is -0.0595. The number of nitrogens with one attached hydrogen (secondary N) is 1. The molecule has 0 aliphatic rings. The Balaban J connectivity index is 2.11. The van der Waals surface area contributed by atoms with Gasteiger partial charge in [-0.1, -0.05) is 45.8 Å². The molecule has 0 aliphatic heterocycles. The highest BCUT2D eigenvalue weighted by atomic mass is 79.9. The Kier molecular flexibility index (Phi) is 4.96. The van der Waals surface area contributed by atoms with Crippen molar-refractivity contribution in [1.29, 1.82) is 0 Å². The lowest BCUT2D eigenvalue weighted by molar-refractivity contribution is 0.102. The molecule has 0 spiro atoms. The van der Waals surface area contributed by atoms with E-state index in [1.165, 1.54) is 5.56 Å². The van der Waals surface area contributed by atoms with Crippen LogP contribution in [-0.2, 0) is 6.42 Å². The average Bonchev–Trinajstić information content (AvgIpc) is 2.41. The average molecular weight is 332 g/mol. The van der Waals surface area contributed by atoms with E-state index in [4.69, 9.17) is 0 Å². The first-order valence-corrected chi connectivity index (χ1v) is 7.76. The number of carbonyl (C=O) groups is 1. The number of hydrogen-bond acceptors (Lipinski definition) is 1. The molecule has 1 N–H and O–H groups in total. The SMILES string of the molecule is Cc1ccc(C(=O)Nc2ccc(CCBr)cc2)c(C)c1. The second-order valence-electron chi connectivity index (χ2n) is 4.91. The molecule has 2 aromatic carbocycles. The number of hydrogen-bond donors (Lipinski definition) is 1. The molecule has 0 fully saturated rings. The molecule has 0 heterocycles. The van der Waals surface area contributed by atoms with Crippen LogP contribution >= 0.6 is 15.9 Å². The maximum Gasteiger partial charge on any atom is 0.255 e. The van der Waals surface area contributed by atoms with E-state index < -0.39 is 0 Å². The fraction of sp³-hybridized carbons (Fsp3) is 0.235. The molecule has 20 heavy (non-hydrogen) atoms. The largest absolute Gasteiger partial charge is 0.322 e. The minimum atomic E-state index is -0.0595. The van der Waals surface area contributed by atoms with Crippen LogP contribution in [0.2, 0.25) is 0 Å². The van der Waals surface area contributed by atoms with Gasteiger partial charge in [0.2, 0.25) is 0 Å². The Morgan fingerprint density at radius 2 is 1.80 bits per heavy atom. The highest BCUT2D eigenvalue weighted by molar-refractivity contribution is 9.09. The van der Waals surface area contributed by atoms with Crippen molar-refractivity contribution in [1.82, 2.24) is 0 Å². The van der Waals surface area contributed by atoms with Crippen LogP contribution < -0.4 is 5.32 Å². The number of amides is 1. The third-order valence-electron chi connectivity index (χ3n) is 3.22. The third kappa shape index (κ3) is 3.70. The van der Waals surface area contributed by atoms with Gasteiger partial charge in [-0.05, 0) is 49.6 Å². The van der Waals surface area contributed by atoms with Crippen molar-refractivity contribution < 1.29 is 4.79 Å². The lowest BCUT2D eigenvalue weighted by atomic mass is 10.1. The van der Waals surface area contributed by atoms with Crippen molar-refractivity contribution in [3.05, 3.63) is 64.7 Å². The summed E-state index contributed by atoms with van der Waals surface area (Å²) in [6.45, 7) is 3.98. The lowest BCUT2D eigenvalue weighted by Crippen LogP contribution is -2.13. The fourth-order valence-corrected chi connectivity index (χ4v) is 2.59. The van der Waals surface area contributed by atoms with Crippen molar-refractivity contribution in [2.75, 3.05) is 10.6 Å². The van der Waals surface area contributed by atoms with E-state index in [0.717, 1.165) is 34.1 Å². The zero-order chi connectivity index (χ0) is 14.5. The molecule has 2 nitrogen and oxygen atoms in total. The predicted octanol–water partition coefficient (Wildman–Crippen LogP) is 4.49. The Morgan fingerprint density at radius 1 is 1.10 bits per heavy atom. The number of carbonyl (C=O) groups excluding carboxylic acids is 1. The maximum atomic E-state index is 12.2. The molecular formula is C17H18BrNO. The summed E-state index contributed by atoms with van der Waals surface area (Å²) in [6.07, 6.45) is 0.991. The van der Waals surface area contributed by atoms with Crippen molar-refractivity contribution >= 4 is 27.5 Å². The monoisotopic (exact) mass is 331 g/mol. The molecule has 3 heteroatoms. The minimum Gasteiger partial charge on any atom is -0.322 e. The maximum absolute atomic E-state index is 12.2. The van der Waals surface area contributed by atoms with E-state index in [9.17, 15) is 4.79 Å². The van der Waals surface area contributed by atoms with E-state index in [-0.39, 0.29) is 5.91 Å². The zero-order valence-electron chi connectivity index (χ0n) is 11.7. The molecule has 0 atom stereocenters. The number of alkyl halides is 1. The molecule has 0 aliphatic carbocycles. The van der Waals surface area contributed by atoms with Gasteiger partial charge >= 0.3 is 0 Å². The number of anilines is 1. The van der Waals surface area contributed by atoms with E-state index in [2.05, 4.69) is 21.2 Å². The van der Waals surface area contributed by atoms with Crippen LogP contribution in [0.4, 0.5) is 5.69 Å². The molecule has 104 valence electrons. The minimum absolute atomic E-state index is 0.0595. The highest BCUT2D eigenvalue weighted by Gasteiger charge is 2.09. The molecular weight excluding hydrogens is 314 g/mol. The quantitative estimate of drug-likeness (QED) is 0.821. The van der Waals surface area contributed by atoms with Crippen molar-refractivity contribution in [2.24, 2.45) is 0 Å². The van der Waals surface area contributed by atoms with Crippen LogP contribution in [0, 0.1) is 13.8 Å². The van der Waals surface area contributed by atoms with Crippen LogP contribution in [0.15, 0.2) is 42.5 Å². The summed E-state index contributed by atoms with van der Waals surface area (Å²) in [7, 11) is 0. The molecule has 0 aromatic heterocycles. The number of aryl methyl sites for hydroxylation is 3.